The van der Waals surface area contributed by atoms with Crippen molar-refractivity contribution in [2.45, 2.75) is 31.4 Å². The number of imidazole rings is 1. The number of nitrogens with zero attached hydrogens (tertiary/aromatic N) is 2. The van der Waals surface area contributed by atoms with Crippen LogP contribution in [0.2, 0.25) is 0 Å². The molecule has 0 unspecified atom stereocenters. The zero-order valence-corrected chi connectivity index (χ0v) is 13.9. The summed E-state index contributed by atoms with van der Waals surface area (Å²) in [7, 11) is 0. The Morgan fingerprint density at radius 2 is 1.81 bits per heavy atom. The van der Waals surface area contributed by atoms with Gasteiger partial charge in [-0.2, -0.15) is 13.2 Å². The van der Waals surface area contributed by atoms with E-state index < -0.39 is 17.4 Å². The zero-order valence-electron chi connectivity index (χ0n) is 13.9. The van der Waals surface area contributed by atoms with Crippen molar-refractivity contribution in [3.63, 3.8) is 0 Å². The summed E-state index contributed by atoms with van der Waals surface area (Å²) in [5.74, 6) is -0.455. The van der Waals surface area contributed by atoms with Gasteiger partial charge in [-0.3, -0.25) is 4.98 Å². The molecule has 0 aliphatic heterocycles. The maximum Gasteiger partial charge on any atom is 0.399 e. The summed E-state index contributed by atoms with van der Waals surface area (Å²) in [5, 5.41) is 0. The summed E-state index contributed by atoms with van der Waals surface area (Å²) < 4.78 is 54.2. The van der Waals surface area contributed by atoms with Crippen molar-refractivity contribution in [2.75, 3.05) is 0 Å². The zero-order chi connectivity index (χ0) is 18.5. The molecule has 0 atom stereocenters. The maximum atomic E-state index is 14.6. The van der Waals surface area contributed by atoms with Gasteiger partial charge < -0.3 is 4.98 Å². The van der Waals surface area contributed by atoms with Gasteiger partial charge in [0.25, 0.3) is 0 Å². The van der Waals surface area contributed by atoms with E-state index in [-0.39, 0.29) is 29.9 Å². The van der Waals surface area contributed by atoms with Gasteiger partial charge >= 0.3 is 6.18 Å². The third-order valence-electron chi connectivity index (χ3n) is 4.82. The Balaban J connectivity index is 1.68. The molecule has 134 valence electrons. The first-order valence-electron chi connectivity index (χ1n) is 8.14. The van der Waals surface area contributed by atoms with E-state index in [9.17, 15) is 17.6 Å². The monoisotopic (exact) mass is 361 g/mol. The summed E-state index contributed by atoms with van der Waals surface area (Å²) in [5.41, 5.74) is 0.629. The Morgan fingerprint density at radius 1 is 1.04 bits per heavy atom. The van der Waals surface area contributed by atoms with Gasteiger partial charge in [0.2, 0.25) is 0 Å². The van der Waals surface area contributed by atoms with Crippen molar-refractivity contribution in [3.8, 4) is 22.5 Å². The first-order valence-corrected chi connectivity index (χ1v) is 8.14. The third kappa shape index (κ3) is 2.67. The molecule has 1 aromatic carbocycles. The SMILES string of the molecule is Cc1cncc(-c2ccc(-c3ncc(C4(C(F)(F)F)CC4)[nH]3)c(F)c2)c1. The molecular weight excluding hydrogens is 346 g/mol. The van der Waals surface area contributed by atoms with Gasteiger partial charge in [-0.15, -0.1) is 0 Å². The quantitative estimate of drug-likeness (QED) is 0.653. The van der Waals surface area contributed by atoms with Gasteiger partial charge in [0.1, 0.15) is 17.1 Å². The van der Waals surface area contributed by atoms with E-state index in [0.717, 1.165) is 17.3 Å². The molecule has 26 heavy (non-hydrogen) atoms. The Labute approximate surface area is 147 Å². The van der Waals surface area contributed by atoms with Crippen LogP contribution in [0.15, 0.2) is 42.9 Å². The van der Waals surface area contributed by atoms with Crippen LogP contribution in [0, 0.1) is 12.7 Å². The molecule has 7 heteroatoms. The lowest BCUT2D eigenvalue weighted by Gasteiger charge is -2.17. The van der Waals surface area contributed by atoms with Crippen LogP contribution in [0.25, 0.3) is 22.5 Å². The fourth-order valence-electron chi connectivity index (χ4n) is 3.13. The van der Waals surface area contributed by atoms with E-state index in [2.05, 4.69) is 15.0 Å². The van der Waals surface area contributed by atoms with Crippen LogP contribution in [0.1, 0.15) is 24.1 Å². The van der Waals surface area contributed by atoms with Gasteiger partial charge in [-0.1, -0.05) is 6.07 Å². The second-order valence-electron chi connectivity index (χ2n) is 6.67. The van der Waals surface area contributed by atoms with Gasteiger partial charge in [0.05, 0.1) is 11.3 Å². The predicted octanol–water partition coefficient (Wildman–Crippen LogP) is 5.18. The average molecular weight is 361 g/mol. The molecule has 2 heterocycles. The third-order valence-corrected chi connectivity index (χ3v) is 4.82. The highest BCUT2D eigenvalue weighted by Gasteiger charge is 2.65. The molecule has 1 saturated carbocycles. The average Bonchev–Trinajstić information content (AvgIpc) is 3.27. The number of halogens is 4. The number of hydrogen-bond donors (Lipinski definition) is 1. The van der Waals surface area contributed by atoms with Gasteiger partial charge in [-0.05, 0) is 49.1 Å². The van der Waals surface area contributed by atoms with E-state index in [4.69, 9.17) is 0 Å². The van der Waals surface area contributed by atoms with Crippen molar-refractivity contribution in [1.29, 1.82) is 0 Å². The number of benzene rings is 1. The Morgan fingerprint density at radius 3 is 2.42 bits per heavy atom. The molecule has 0 radical (unpaired) electrons. The van der Waals surface area contributed by atoms with Crippen LogP contribution >= 0.6 is 0 Å². The van der Waals surface area contributed by atoms with E-state index in [1.165, 1.54) is 12.1 Å². The smallest absolute Gasteiger partial charge is 0.341 e. The van der Waals surface area contributed by atoms with Crippen molar-refractivity contribution >= 4 is 0 Å². The molecule has 2 aromatic heterocycles. The molecule has 0 bridgehead atoms. The summed E-state index contributed by atoms with van der Waals surface area (Å²) in [6.45, 7) is 1.89. The molecule has 1 fully saturated rings. The fourth-order valence-corrected chi connectivity index (χ4v) is 3.13. The van der Waals surface area contributed by atoms with Crippen LogP contribution < -0.4 is 0 Å². The van der Waals surface area contributed by atoms with Gasteiger partial charge in [0, 0.05) is 24.2 Å². The lowest BCUT2D eigenvalue weighted by molar-refractivity contribution is -0.161. The number of aromatic nitrogens is 3. The molecule has 4 rings (SSSR count). The van der Waals surface area contributed by atoms with Crippen molar-refractivity contribution in [3.05, 3.63) is 59.9 Å². The highest BCUT2D eigenvalue weighted by Crippen LogP contribution is 2.58. The molecule has 0 saturated heterocycles. The maximum absolute atomic E-state index is 14.6. The molecular formula is C19H15F4N3. The summed E-state index contributed by atoms with van der Waals surface area (Å²) in [6, 6.07) is 6.44. The molecule has 1 N–H and O–H groups in total. The first kappa shape index (κ1) is 16.8. The van der Waals surface area contributed by atoms with Crippen molar-refractivity contribution in [1.82, 2.24) is 15.0 Å². The summed E-state index contributed by atoms with van der Waals surface area (Å²) >= 11 is 0. The summed E-state index contributed by atoms with van der Waals surface area (Å²) in [4.78, 5) is 10.7. The van der Waals surface area contributed by atoms with E-state index in [1.807, 2.05) is 13.0 Å². The molecule has 3 aromatic rings. The number of rotatable bonds is 3. The number of hydrogen-bond acceptors (Lipinski definition) is 2. The Bertz CT molecular complexity index is 971. The minimum absolute atomic E-state index is 0.00800. The topological polar surface area (TPSA) is 41.6 Å². The predicted molar refractivity (Wildman–Crippen MR) is 88.9 cm³/mol. The standard InChI is InChI=1S/C19H15F4N3/c1-11-6-13(9-24-8-11)12-2-3-14(15(20)7-12)17-25-10-16(26-17)18(4-5-18)19(21,22)23/h2-3,6-10H,4-5H2,1H3,(H,25,26). The van der Waals surface area contributed by atoms with Crippen molar-refractivity contribution < 1.29 is 17.6 Å². The van der Waals surface area contributed by atoms with Crippen LogP contribution in [-0.2, 0) is 5.41 Å². The number of alkyl halides is 3. The van der Waals surface area contributed by atoms with E-state index in [1.54, 1.807) is 18.5 Å². The number of pyridine rings is 1. The number of aryl methyl sites for hydroxylation is 1. The van der Waals surface area contributed by atoms with Crippen LogP contribution in [0.5, 0.6) is 0 Å². The molecule has 3 nitrogen and oxygen atoms in total. The minimum atomic E-state index is -4.34. The Hall–Kier alpha value is -2.70. The largest absolute Gasteiger partial charge is 0.399 e. The van der Waals surface area contributed by atoms with Gasteiger partial charge in [-0.25, -0.2) is 9.37 Å². The first-order chi connectivity index (χ1) is 12.3. The van der Waals surface area contributed by atoms with Gasteiger partial charge in [0.15, 0.2) is 0 Å². The molecule has 1 aliphatic rings. The molecule has 0 amide bonds. The number of aromatic amines is 1. The second kappa shape index (κ2) is 5.65. The summed E-state index contributed by atoms with van der Waals surface area (Å²) in [6.07, 6.45) is 0.213. The Kier molecular flexibility index (Phi) is 3.64. The van der Waals surface area contributed by atoms with E-state index in [0.29, 0.717) is 5.56 Å². The highest BCUT2D eigenvalue weighted by molar-refractivity contribution is 5.68. The lowest BCUT2D eigenvalue weighted by atomic mass is 10.0. The second-order valence-corrected chi connectivity index (χ2v) is 6.67. The van der Waals surface area contributed by atoms with Crippen molar-refractivity contribution in [2.24, 2.45) is 0 Å². The van der Waals surface area contributed by atoms with Crippen LogP contribution in [0.4, 0.5) is 17.6 Å². The highest BCUT2D eigenvalue weighted by atomic mass is 19.4. The molecule has 1 aliphatic carbocycles. The molecule has 0 spiro atoms. The number of nitrogens with one attached hydrogen (secondary N) is 1. The normalized spacial score (nSPS) is 15.9. The van der Waals surface area contributed by atoms with Crippen LogP contribution in [-0.4, -0.2) is 21.1 Å². The lowest BCUT2D eigenvalue weighted by Crippen LogP contribution is -2.28. The minimum Gasteiger partial charge on any atom is -0.341 e. The van der Waals surface area contributed by atoms with Crippen LogP contribution in [0.3, 0.4) is 0 Å². The number of H-pyrrole nitrogens is 1. The fraction of sp³-hybridized carbons (Fsp3) is 0.263. The van der Waals surface area contributed by atoms with E-state index >= 15 is 0 Å².